The third kappa shape index (κ3) is 3.98. The molecule has 2 aliphatic rings. The Balaban J connectivity index is 1.68. The van der Waals surface area contributed by atoms with Crippen molar-refractivity contribution in [2.24, 2.45) is 17.8 Å². The Kier molecular flexibility index (Phi) is 5.34. The molecular formula is C16H30O. The molecule has 17 heavy (non-hydrogen) atoms. The molecule has 1 nitrogen and oxygen atoms in total. The van der Waals surface area contributed by atoms with Gasteiger partial charge >= 0.3 is 0 Å². The maximum Gasteiger partial charge on any atom is 0.0575 e. The first-order chi connectivity index (χ1) is 8.29. The fraction of sp³-hybridized carbons (Fsp3) is 1.00. The van der Waals surface area contributed by atoms with E-state index in [-0.39, 0.29) is 0 Å². The fourth-order valence-corrected chi connectivity index (χ4v) is 3.77. The topological polar surface area (TPSA) is 9.23 Å². The minimum atomic E-state index is 0.591. The summed E-state index contributed by atoms with van der Waals surface area (Å²) >= 11 is 0. The third-order valence-corrected chi connectivity index (χ3v) is 5.00. The van der Waals surface area contributed by atoms with E-state index in [2.05, 4.69) is 13.8 Å². The zero-order valence-corrected chi connectivity index (χ0v) is 11.8. The maximum absolute atomic E-state index is 5.88. The van der Waals surface area contributed by atoms with E-state index in [1.165, 1.54) is 57.8 Å². The van der Waals surface area contributed by atoms with Gasteiger partial charge in [0.1, 0.15) is 0 Å². The van der Waals surface area contributed by atoms with E-state index in [1.54, 1.807) is 0 Å². The van der Waals surface area contributed by atoms with Crippen LogP contribution >= 0.6 is 0 Å². The Morgan fingerprint density at radius 3 is 1.88 bits per heavy atom. The third-order valence-electron chi connectivity index (χ3n) is 5.00. The summed E-state index contributed by atoms with van der Waals surface area (Å²) < 4.78 is 5.88. The van der Waals surface area contributed by atoms with Gasteiger partial charge in [-0.1, -0.05) is 26.7 Å². The van der Waals surface area contributed by atoms with Crippen molar-refractivity contribution < 1.29 is 4.74 Å². The number of hydrogen-bond donors (Lipinski definition) is 0. The lowest BCUT2D eigenvalue weighted by molar-refractivity contribution is 0.00764. The second-order valence-electron chi connectivity index (χ2n) is 6.43. The number of hydrogen-bond acceptors (Lipinski definition) is 1. The van der Waals surface area contributed by atoms with Crippen LogP contribution in [0.1, 0.15) is 71.6 Å². The molecule has 2 aliphatic carbocycles. The SMILES string of the molecule is CCCOC1CCC(C2CCC(C)CC2)CC1. The first-order valence-corrected chi connectivity index (χ1v) is 7.91. The normalized spacial score (nSPS) is 39.2. The second-order valence-corrected chi connectivity index (χ2v) is 6.43. The zero-order valence-electron chi connectivity index (χ0n) is 11.8. The van der Waals surface area contributed by atoms with Crippen molar-refractivity contribution in [3.8, 4) is 0 Å². The monoisotopic (exact) mass is 238 g/mol. The van der Waals surface area contributed by atoms with Crippen LogP contribution in [-0.4, -0.2) is 12.7 Å². The molecule has 0 radical (unpaired) electrons. The highest BCUT2D eigenvalue weighted by atomic mass is 16.5. The second kappa shape index (κ2) is 6.78. The molecule has 0 heterocycles. The van der Waals surface area contributed by atoms with E-state index in [0.29, 0.717) is 6.10 Å². The molecule has 1 heteroatoms. The molecule has 2 fully saturated rings. The average molecular weight is 238 g/mol. The van der Waals surface area contributed by atoms with Crippen LogP contribution in [0.25, 0.3) is 0 Å². The van der Waals surface area contributed by atoms with Gasteiger partial charge < -0.3 is 4.74 Å². The predicted molar refractivity (Wildman–Crippen MR) is 73.1 cm³/mol. The largest absolute Gasteiger partial charge is 0.378 e. The van der Waals surface area contributed by atoms with Crippen molar-refractivity contribution in [1.82, 2.24) is 0 Å². The van der Waals surface area contributed by atoms with Crippen LogP contribution in [0.15, 0.2) is 0 Å². The maximum atomic E-state index is 5.88. The van der Waals surface area contributed by atoms with Gasteiger partial charge in [0.25, 0.3) is 0 Å². The van der Waals surface area contributed by atoms with Crippen molar-refractivity contribution in [2.45, 2.75) is 77.7 Å². The van der Waals surface area contributed by atoms with E-state index in [4.69, 9.17) is 4.74 Å². The van der Waals surface area contributed by atoms with Gasteiger partial charge in [-0.15, -0.1) is 0 Å². The van der Waals surface area contributed by atoms with Crippen molar-refractivity contribution in [3.63, 3.8) is 0 Å². The lowest BCUT2D eigenvalue weighted by atomic mass is 9.71. The predicted octanol–water partition coefficient (Wildman–Crippen LogP) is 4.80. The van der Waals surface area contributed by atoms with E-state index < -0.39 is 0 Å². The zero-order chi connectivity index (χ0) is 12.1. The minimum absolute atomic E-state index is 0.591. The Morgan fingerprint density at radius 1 is 0.824 bits per heavy atom. The van der Waals surface area contributed by atoms with Crippen LogP contribution in [0.2, 0.25) is 0 Å². The lowest BCUT2D eigenvalue weighted by Gasteiger charge is -2.37. The Bertz CT molecular complexity index is 198. The molecule has 2 rings (SSSR count). The molecule has 2 saturated carbocycles. The lowest BCUT2D eigenvalue weighted by Crippen LogP contribution is -2.28. The summed E-state index contributed by atoms with van der Waals surface area (Å²) in [5.41, 5.74) is 0. The summed E-state index contributed by atoms with van der Waals surface area (Å²) in [4.78, 5) is 0. The summed E-state index contributed by atoms with van der Waals surface area (Å²) in [7, 11) is 0. The van der Waals surface area contributed by atoms with Crippen molar-refractivity contribution in [1.29, 1.82) is 0 Å². The number of rotatable bonds is 4. The first-order valence-electron chi connectivity index (χ1n) is 7.91. The van der Waals surface area contributed by atoms with Crippen LogP contribution in [0.5, 0.6) is 0 Å². The van der Waals surface area contributed by atoms with Crippen LogP contribution in [0, 0.1) is 17.8 Å². The van der Waals surface area contributed by atoms with Gasteiger partial charge in [-0.3, -0.25) is 0 Å². The average Bonchev–Trinajstić information content (AvgIpc) is 2.38. The summed E-state index contributed by atoms with van der Waals surface area (Å²) in [5.74, 6) is 3.08. The Labute approximate surface area is 107 Å². The summed E-state index contributed by atoms with van der Waals surface area (Å²) in [6, 6.07) is 0. The van der Waals surface area contributed by atoms with Gasteiger partial charge in [-0.25, -0.2) is 0 Å². The molecule has 100 valence electrons. The van der Waals surface area contributed by atoms with E-state index in [1.807, 2.05) is 0 Å². The summed E-state index contributed by atoms with van der Waals surface area (Å²) in [6.45, 7) is 5.59. The van der Waals surface area contributed by atoms with Crippen LogP contribution < -0.4 is 0 Å². The van der Waals surface area contributed by atoms with Crippen LogP contribution in [0.3, 0.4) is 0 Å². The highest BCUT2D eigenvalue weighted by molar-refractivity contribution is 4.81. The molecule has 0 spiro atoms. The summed E-state index contributed by atoms with van der Waals surface area (Å²) in [5, 5.41) is 0. The van der Waals surface area contributed by atoms with Crippen LogP contribution in [0.4, 0.5) is 0 Å². The number of ether oxygens (including phenoxy) is 1. The van der Waals surface area contributed by atoms with E-state index in [0.717, 1.165) is 24.4 Å². The molecule has 0 aromatic rings. The van der Waals surface area contributed by atoms with Gasteiger partial charge in [0, 0.05) is 6.61 Å². The Hall–Kier alpha value is -0.0400. The Morgan fingerprint density at radius 2 is 1.35 bits per heavy atom. The van der Waals surface area contributed by atoms with Crippen LogP contribution in [-0.2, 0) is 4.74 Å². The molecule has 0 atom stereocenters. The standard InChI is InChI=1S/C16H30O/c1-3-12-17-16-10-8-15(9-11-16)14-6-4-13(2)5-7-14/h13-16H,3-12H2,1-2H3. The quantitative estimate of drug-likeness (QED) is 0.683. The summed E-state index contributed by atoms with van der Waals surface area (Å²) in [6.07, 6.45) is 13.3. The highest BCUT2D eigenvalue weighted by Gasteiger charge is 2.29. The minimum Gasteiger partial charge on any atom is -0.378 e. The van der Waals surface area contributed by atoms with Gasteiger partial charge in [0.05, 0.1) is 6.10 Å². The van der Waals surface area contributed by atoms with Crippen molar-refractivity contribution >= 4 is 0 Å². The molecule has 0 saturated heterocycles. The van der Waals surface area contributed by atoms with Crippen molar-refractivity contribution in [3.05, 3.63) is 0 Å². The van der Waals surface area contributed by atoms with Gasteiger partial charge in [-0.05, 0) is 62.7 Å². The molecule has 0 amide bonds. The van der Waals surface area contributed by atoms with E-state index in [9.17, 15) is 0 Å². The molecule has 0 N–H and O–H groups in total. The van der Waals surface area contributed by atoms with Gasteiger partial charge in [0.15, 0.2) is 0 Å². The highest BCUT2D eigenvalue weighted by Crippen LogP contribution is 2.40. The smallest absolute Gasteiger partial charge is 0.0575 e. The van der Waals surface area contributed by atoms with Crippen molar-refractivity contribution in [2.75, 3.05) is 6.61 Å². The molecule has 0 aliphatic heterocycles. The molecule has 0 unspecified atom stereocenters. The van der Waals surface area contributed by atoms with Gasteiger partial charge in [-0.2, -0.15) is 0 Å². The van der Waals surface area contributed by atoms with E-state index >= 15 is 0 Å². The fourth-order valence-electron chi connectivity index (χ4n) is 3.77. The first kappa shape index (κ1) is 13.4. The molecule has 0 aromatic heterocycles. The molecular weight excluding hydrogens is 208 g/mol. The molecule has 0 aromatic carbocycles. The van der Waals surface area contributed by atoms with Gasteiger partial charge in [0.2, 0.25) is 0 Å². The molecule has 0 bridgehead atoms.